The fraction of sp³-hybridized carbons (Fsp3) is 0.123. The SMILES string of the molecule is CCC1C=CC=Nc2c1c1ccccc1c1cc(-c3cccc(-c4cccc(-c5cccc(-c6cc(/C7=C/C=C\CCCC7)cc(-c7ccccn7)c6)c5)c4)c3)ccc21. The molecular formula is C57H46N2. The van der Waals surface area contributed by atoms with Crippen LogP contribution in [0.3, 0.4) is 0 Å². The Labute approximate surface area is 347 Å². The molecule has 1 aliphatic carbocycles. The van der Waals surface area contributed by atoms with E-state index < -0.39 is 0 Å². The first-order chi connectivity index (χ1) is 29.2. The number of fused-ring (bicyclic) bond motifs is 6. The molecule has 2 nitrogen and oxygen atoms in total. The van der Waals surface area contributed by atoms with Crippen LogP contribution < -0.4 is 0 Å². The van der Waals surface area contributed by atoms with E-state index in [0.29, 0.717) is 5.92 Å². The summed E-state index contributed by atoms with van der Waals surface area (Å²) in [4.78, 5) is 9.74. The lowest BCUT2D eigenvalue weighted by Crippen LogP contribution is -1.96. The van der Waals surface area contributed by atoms with Gasteiger partial charge in [-0.05, 0) is 170 Å². The van der Waals surface area contributed by atoms with Crippen LogP contribution in [-0.4, -0.2) is 11.2 Å². The lowest BCUT2D eigenvalue weighted by atomic mass is 9.86. The number of rotatable bonds is 7. The van der Waals surface area contributed by atoms with E-state index in [9.17, 15) is 0 Å². The zero-order valence-electron chi connectivity index (χ0n) is 33.5. The largest absolute Gasteiger partial charge is 0.256 e. The fourth-order valence-corrected chi connectivity index (χ4v) is 9.11. The quantitative estimate of drug-likeness (QED) is 0.149. The first-order valence-corrected chi connectivity index (χ1v) is 21.1. The summed E-state index contributed by atoms with van der Waals surface area (Å²) >= 11 is 0. The molecule has 0 amide bonds. The maximum atomic E-state index is 5.00. The average molecular weight is 759 g/mol. The number of allylic oxidation sites excluding steroid dienone is 6. The van der Waals surface area contributed by atoms with Crippen molar-refractivity contribution in [3.63, 3.8) is 0 Å². The molecule has 1 aromatic heterocycles. The second-order valence-electron chi connectivity index (χ2n) is 15.9. The van der Waals surface area contributed by atoms with Crippen molar-refractivity contribution in [2.45, 2.75) is 44.9 Å². The summed E-state index contributed by atoms with van der Waals surface area (Å²) in [5.41, 5.74) is 16.8. The van der Waals surface area contributed by atoms with Gasteiger partial charge in [0.05, 0.1) is 11.4 Å². The van der Waals surface area contributed by atoms with Gasteiger partial charge >= 0.3 is 0 Å². The molecule has 0 radical (unpaired) electrons. The van der Waals surface area contributed by atoms with Crippen molar-refractivity contribution >= 4 is 39.0 Å². The van der Waals surface area contributed by atoms with Gasteiger partial charge in [-0.2, -0.15) is 0 Å². The Hall–Kier alpha value is -6.90. The highest BCUT2D eigenvalue weighted by Gasteiger charge is 2.21. The Morgan fingerprint density at radius 1 is 0.508 bits per heavy atom. The van der Waals surface area contributed by atoms with E-state index in [4.69, 9.17) is 9.98 Å². The zero-order valence-corrected chi connectivity index (χ0v) is 33.5. The molecule has 59 heavy (non-hydrogen) atoms. The predicted octanol–water partition coefficient (Wildman–Crippen LogP) is 16.0. The summed E-state index contributed by atoms with van der Waals surface area (Å²) in [5, 5.41) is 5.03. The third kappa shape index (κ3) is 7.28. The van der Waals surface area contributed by atoms with Crippen LogP contribution in [-0.2, 0) is 0 Å². The van der Waals surface area contributed by atoms with Crippen molar-refractivity contribution in [1.29, 1.82) is 0 Å². The van der Waals surface area contributed by atoms with E-state index in [1.54, 1.807) is 0 Å². The number of nitrogens with zero attached hydrogens (tertiary/aromatic N) is 2. The topological polar surface area (TPSA) is 25.2 Å². The number of pyridine rings is 1. The van der Waals surface area contributed by atoms with Crippen molar-refractivity contribution in [1.82, 2.24) is 4.98 Å². The highest BCUT2D eigenvalue weighted by molar-refractivity contribution is 6.16. The normalized spacial score (nSPS) is 16.5. The summed E-state index contributed by atoms with van der Waals surface area (Å²) in [6.07, 6.45) is 20.8. The summed E-state index contributed by atoms with van der Waals surface area (Å²) in [7, 11) is 0. The summed E-state index contributed by atoms with van der Waals surface area (Å²) in [6.45, 7) is 2.26. The fourth-order valence-electron chi connectivity index (χ4n) is 9.11. The zero-order chi connectivity index (χ0) is 39.5. The van der Waals surface area contributed by atoms with Crippen LogP contribution in [0.2, 0.25) is 0 Å². The van der Waals surface area contributed by atoms with Crippen molar-refractivity contribution in [3.8, 4) is 55.8 Å². The molecular weight excluding hydrogens is 713 g/mol. The number of hydrogen-bond donors (Lipinski definition) is 0. The summed E-state index contributed by atoms with van der Waals surface area (Å²) in [5.74, 6) is 0.337. The molecule has 0 saturated carbocycles. The molecule has 1 atom stereocenters. The first-order valence-electron chi connectivity index (χ1n) is 21.1. The van der Waals surface area contributed by atoms with Crippen LogP contribution in [0.4, 0.5) is 5.69 Å². The van der Waals surface area contributed by atoms with Gasteiger partial charge < -0.3 is 0 Å². The van der Waals surface area contributed by atoms with Crippen LogP contribution in [0.1, 0.15) is 56.1 Å². The maximum Gasteiger partial charge on any atom is 0.0752 e. The van der Waals surface area contributed by atoms with Crippen LogP contribution in [0, 0.1) is 0 Å². The standard InChI is InChI=1S/C57H46N2/c1-2-39-24-15-31-59-57-53-29-28-47(38-54(53)51-25-8-9-26-52(51)56(39)57)45-22-13-20-43(33-45)41-18-12-19-42(32-41)44-21-14-23-46(34-44)49-35-48(40-16-6-4-3-5-7-17-40)36-50(37-49)55-27-10-11-30-58-55/h4,6,8-16,18-39H,2-3,5,7,17H2,1H3/b6-4-,40-16+. The van der Waals surface area contributed by atoms with Gasteiger partial charge in [0.15, 0.2) is 0 Å². The molecule has 2 heterocycles. The van der Waals surface area contributed by atoms with E-state index >= 15 is 0 Å². The van der Waals surface area contributed by atoms with Gasteiger partial charge in [-0.15, -0.1) is 0 Å². The molecule has 2 aliphatic rings. The third-order valence-corrected chi connectivity index (χ3v) is 12.2. The second-order valence-corrected chi connectivity index (χ2v) is 15.9. The maximum absolute atomic E-state index is 5.00. The minimum atomic E-state index is 0.337. The van der Waals surface area contributed by atoms with Crippen molar-refractivity contribution in [3.05, 3.63) is 199 Å². The summed E-state index contributed by atoms with van der Waals surface area (Å²) in [6, 6.07) is 55.9. The molecule has 0 saturated heterocycles. The molecule has 0 spiro atoms. The van der Waals surface area contributed by atoms with Crippen LogP contribution in [0.5, 0.6) is 0 Å². The van der Waals surface area contributed by atoms with Crippen molar-refractivity contribution in [2.24, 2.45) is 4.99 Å². The highest BCUT2D eigenvalue weighted by Crippen LogP contribution is 2.45. The molecule has 1 unspecified atom stereocenters. The number of aromatic nitrogens is 1. The number of benzene rings is 7. The molecule has 10 rings (SSSR count). The minimum absolute atomic E-state index is 0.337. The van der Waals surface area contributed by atoms with E-state index in [1.807, 2.05) is 18.5 Å². The molecule has 1 aliphatic heterocycles. The van der Waals surface area contributed by atoms with Crippen molar-refractivity contribution in [2.75, 3.05) is 0 Å². The van der Waals surface area contributed by atoms with Gasteiger partial charge in [0.25, 0.3) is 0 Å². The van der Waals surface area contributed by atoms with Crippen LogP contribution in [0.25, 0.3) is 82.9 Å². The summed E-state index contributed by atoms with van der Waals surface area (Å²) < 4.78 is 0. The lowest BCUT2D eigenvalue weighted by Gasteiger charge is -2.19. The number of hydrogen-bond acceptors (Lipinski definition) is 2. The van der Waals surface area contributed by atoms with Crippen LogP contribution >= 0.6 is 0 Å². The molecule has 7 aromatic carbocycles. The van der Waals surface area contributed by atoms with E-state index in [0.717, 1.165) is 36.2 Å². The van der Waals surface area contributed by atoms with E-state index in [-0.39, 0.29) is 0 Å². The lowest BCUT2D eigenvalue weighted by molar-refractivity contribution is 0.766. The van der Waals surface area contributed by atoms with Gasteiger partial charge in [-0.3, -0.25) is 9.98 Å². The Morgan fingerprint density at radius 3 is 1.83 bits per heavy atom. The molecule has 284 valence electrons. The van der Waals surface area contributed by atoms with Gasteiger partial charge in [0.1, 0.15) is 0 Å². The van der Waals surface area contributed by atoms with Gasteiger partial charge in [-0.1, -0.05) is 128 Å². The van der Waals surface area contributed by atoms with Gasteiger partial charge in [0, 0.05) is 29.3 Å². The highest BCUT2D eigenvalue weighted by atomic mass is 14.7. The second kappa shape index (κ2) is 16.2. The van der Waals surface area contributed by atoms with E-state index in [2.05, 4.69) is 183 Å². The average Bonchev–Trinajstić information content (AvgIpc) is 3.52. The predicted molar refractivity (Wildman–Crippen MR) is 252 cm³/mol. The van der Waals surface area contributed by atoms with Crippen molar-refractivity contribution < 1.29 is 0 Å². The molecule has 0 bridgehead atoms. The minimum Gasteiger partial charge on any atom is -0.256 e. The smallest absolute Gasteiger partial charge is 0.0752 e. The first kappa shape index (κ1) is 36.4. The molecule has 8 aromatic rings. The Balaban J connectivity index is 1.01. The number of aliphatic imine (C=N–C) groups is 1. The molecule has 2 heteroatoms. The Bertz CT molecular complexity index is 2980. The molecule has 0 N–H and O–H groups in total. The van der Waals surface area contributed by atoms with Gasteiger partial charge in [-0.25, -0.2) is 0 Å². The monoisotopic (exact) mass is 758 g/mol. The van der Waals surface area contributed by atoms with Crippen LogP contribution in [0.15, 0.2) is 193 Å². The molecule has 0 fully saturated rings. The Kier molecular flexibility index (Phi) is 9.98. The van der Waals surface area contributed by atoms with E-state index in [1.165, 1.54) is 95.6 Å². The van der Waals surface area contributed by atoms with Gasteiger partial charge in [0.2, 0.25) is 0 Å². The Morgan fingerprint density at radius 2 is 1.14 bits per heavy atom. The third-order valence-electron chi connectivity index (χ3n) is 12.2.